The van der Waals surface area contributed by atoms with Crippen molar-refractivity contribution < 1.29 is 31.3 Å². The van der Waals surface area contributed by atoms with E-state index in [9.17, 15) is 22.0 Å². The molecule has 0 aromatic heterocycles. The van der Waals surface area contributed by atoms with Crippen LogP contribution in [0.1, 0.15) is 13.3 Å². The second-order valence-corrected chi connectivity index (χ2v) is 3.64. The van der Waals surface area contributed by atoms with Crippen LogP contribution < -0.4 is 0 Å². The molecule has 0 atom stereocenters. The Morgan fingerprint density at radius 1 is 1.54 bits per heavy atom. The first kappa shape index (κ1) is 12.2. The van der Waals surface area contributed by atoms with Gasteiger partial charge in [-0.1, -0.05) is 0 Å². The van der Waals surface area contributed by atoms with Crippen LogP contribution in [0.4, 0.5) is 8.78 Å². The van der Waals surface area contributed by atoms with Crippen molar-refractivity contribution in [2.75, 3.05) is 6.61 Å². The molecule has 0 amide bonds. The summed E-state index contributed by atoms with van der Waals surface area (Å²) in [6.45, 7) is 1.24. The lowest BCUT2D eigenvalue weighted by Gasteiger charge is -2.10. The summed E-state index contributed by atoms with van der Waals surface area (Å²) in [5.41, 5.74) is 0. The maximum absolute atomic E-state index is 12.4. The molecule has 0 bridgehead atoms. The summed E-state index contributed by atoms with van der Waals surface area (Å²) < 4.78 is 56.8. The predicted molar refractivity (Wildman–Crippen MR) is 37.7 cm³/mol. The van der Waals surface area contributed by atoms with Crippen LogP contribution in [0.25, 0.3) is 0 Å². The molecule has 0 aliphatic heterocycles. The number of carbonyl (C=O) groups is 1. The monoisotopic (exact) mass is 218 g/mol. The van der Waals surface area contributed by atoms with Crippen molar-refractivity contribution in [1.82, 2.24) is 0 Å². The highest BCUT2D eigenvalue weighted by Crippen LogP contribution is 2.24. The molecular formula is C5H8F2O5S. The van der Waals surface area contributed by atoms with Crippen LogP contribution in [0.2, 0.25) is 0 Å². The molecule has 78 valence electrons. The fourth-order valence-corrected chi connectivity index (χ4v) is 0.772. The third-order valence-corrected chi connectivity index (χ3v) is 1.93. The molecule has 0 saturated heterocycles. The van der Waals surface area contributed by atoms with Crippen LogP contribution in [-0.2, 0) is 19.6 Å². The molecule has 5 nitrogen and oxygen atoms in total. The Hall–Kier alpha value is -0.760. The lowest BCUT2D eigenvalue weighted by atomic mass is 10.4. The normalized spacial score (nSPS) is 12.6. The Bertz CT molecular complexity index is 283. The molecule has 0 heterocycles. The third-order valence-electron chi connectivity index (χ3n) is 1.03. The standard InChI is InChI=1S/C5H8F2O5S/c1-2-12-4(8)3-5(6,7)13(9,10)11/h2-3H2,1H3,(H,9,10,11). The van der Waals surface area contributed by atoms with E-state index in [1.165, 1.54) is 6.92 Å². The van der Waals surface area contributed by atoms with E-state index in [1.54, 1.807) is 0 Å². The summed E-state index contributed by atoms with van der Waals surface area (Å²) in [6, 6.07) is 0. The average Bonchev–Trinajstić information content (AvgIpc) is 1.83. The second kappa shape index (κ2) is 3.97. The van der Waals surface area contributed by atoms with Gasteiger partial charge in [0.25, 0.3) is 0 Å². The molecule has 0 rings (SSSR count). The first-order chi connectivity index (χ1) is 5.70. The highest BCUT2D eigenvalue weighted by Gasteiger charge is 2.46. The Kier molecular flexibility index (Phi) is 3.73. The highest BCUT2D eigenvalue weighted by molar-refractivity contribution is 7.86. The van der Waals surface area contributed by atoms with Gasteiger partial charge in [-0.3, -0.25) is 9.35 Å². The van der Waals surface area contributed by atoms with Crippen LogP contribution in [0, 0.1) is 0 Å². The number of hydrogen-bond acceptors (Lipinski definition) is 4. The van der Waals surface area contributed by atoms with Crippen molar-refractivity contribution in [2.45, 2.75) is 18.6 Å². The third kappa shape index (κ3) is 3.64. The molecule has 0 aliphatic carbocycles. The van der Waals surface area contributed by atoms with Gasteiger partial charge in [0.15, 0.2) is 0 Å². The van der Waals surface area contributed by atoms with Crippen LogP contribution >= 0.6 is 0 Å². The summed E-state index contributed by atoms with van der Waals surface area (Å²) >= 11 is 0. The number of ether oxygens (including phenoxy) is 1. The first-order valence-electron chi connectivity index (χ1n) is 3.21. The molecule has 13 heavy (non-hydrogen) atoms. The molecule has 0 aromatic rings. The van der Waals surface area contributed by atoms with E-state index in [2.05, 4.69) is 4.74 Å². The van der Waals surface area contributed by atoms with E-state index >= 15 is 0 Å². The smallest absolute Gasteiger partial charge is 0.380 e. The van der Waals surface area contributed by atoms with Crippen LogP contribution in [0.3, 0.4) is 0 Å². The zero-order chi connectivity index (χ0) is 10.7. The molecular weight excluding hydrogens is 210 g/mol. The zero-order valence-electron chi connectivity index (χ0n) is 6.66. The van der Waals surface area contributed by atoms with Crippen LogP contribution in [0.15, 0.2) is 0 Å². The van der Waals surface area contributed by atoms with Crippen molar-refractivity contribution in [2.24, 2.45) is 0 Å². The topological polar surface area (TPSA) is 80.7 Å². The van der Waals surface area contributed by atoms with Crippen molar-refractivity contribution in [3.05, 3.63) is 0 Å². The molecule has 0 fully saturated rings. The number of rotatable bonds is 4. The summed E-state index contributed by atoms with van der Waals surface area (Å²) in [5.74, 6) is -1.38. The van der Waals surface area contributed by atoms with Crippen molar-refractivity contribution in [1.29, 1.82) is 0 Å². The van der Waals surface area contributed by atoms with Gasteiger partial charge in [0.2, 0.25) is 0 Å². The minimum absolute atomic E-state index is 0.139. The van der Waals surface area contributed by atoms with E-state index in [-0.39, 0.29) is 6.61 Å². The van der Waals surface area contributed by atoms with E-state index in [0.717, 1.165) is 0 Å². The number of halogens is 2. The van der Waals surface area contributed by atoms with Crippen molar-refractivity contribution >= 4 is 16.1 Å². The van der Waals surface area contributed by atoms with Gasteiger partial charge in [-0.15, -0.1) is 0 Å². The summed E-state index contributed by atoms with van der Waals surface area (Å²) in [7, 11) is -5.55. The summed E-state index contributed by atoms with van der Waals surface area (Å²) in [5, 5.41) is -4.49. The largest absolute Gasteiger partial charge is 0.466 e. The Labute approximate surface area is 73.4 Å². The van der Waals surface area contributed by atoms with Crippen molar-refractivity contribution in [3.8, 4) is 0 Å². The van der Waals surface area contributed by atoms with Gasteiger partial charge in [-0.05, 0) is 6.92 Å². The second-order valence-electron chi connectivity index (χ2n) is 2.09. The van der Waals surface area contributed by atoms with Gasteiger partial charge in [-0.25, -0.2) is 0 Å². The molecule has 0 radical (unpaired) electrons. The summed E-state index contributed by atoms with van der Waals surface area (Å²) in [4.78, 5) is 10.4. The highest BCUT2D eigenvalue weighted by atomic mass is 32.2. The molecule has 8 heteroatoms. The minimum Gasteiger partial charge on any atom is -0.466 e. The minimum atomic E-state index is -5.55. The number of alkyl halides is 2. The van der Waals surface area contributed by atoms with E-state index < -0.39 is 27.8 Å². The molecule has 0 aromatic carbocycles. The lowest BCUT2D eigenvalue weighted by molar-refractivity contribution is -0.147. The fraction of sp³-hybridized carbons (Fsp3) is 0.800. The molecule has 0 spiro atoms. The van der Waals surface area contributed by atoms with Gasteiger partial charge < -0.3 is 4.74 Å². The zero-order valence-corrected chi connectivity index (χ0v) is 7.48. The van der Waals surface area contributed by atoms with E-state index in [1.807, 2.05) is 0 Å². The first-order valence-corrected chi connectivity index (χ1v) is 4.65. The maximum Gasteiger partial charge on any atom is 0.380 e. The molecule has 0 saturated carbocycles. The van der Waals surface area contributed by atoms with E-state index in [0.29, 0.717) is 0 Å². The van der Waals surface area contributed by atoms with Crippen LogP contribution in [0.5, 0.6) is 0 Å². The fourth-order valence-electron chi connectivity index (χ4n) is 0.471. The van der Waals surface area contributed by atoms with Crippen LogP contribution in [-0.4, -0.2) is 30.8 Å². The molecule has 0 unspecified atom stereocenters. The van der Waals surface area contributed by atoms with Gasteiger partial charge in [-0.2, -0.15) is 17.2 Å². The Morgan fingerprint density at radius 3 is 2.31 bits per heavy atom. The van der Waals surface area contributed by atoms with Gasteiger partial charge in [0.1, 0.15) is 6.42 Å². The number of hydrogen-bond donors (Lipinski definition) is 1. The predicted octanol–water partition coefficient (Wildman–Crippen LogP) is 0.420. The SMILES string of the molecule is CCOC(=O)CC(F)(F)S(=O)(=O)O. The van der Waals surface area contributed by atoms with Gasteiger partial charge >= 0.3 is 21.3 Å². The number of carbonyl (C=O) groups excluding carboxylic acids is 1. The van der Waals surface area contributed by atoms with E-state index in [4.69, 9.17) is 4.55 Å². The lowest BCUT2D eigenvalue weighted by Crippen LogP contribution is -2.31. The molecule has 1 N–H and O–H groups in total. The quantitative estimate of drug-likeness (QED) is 0.546. The average molecular weight is 218 g/mol. The number of esters is 1. The molecule has 0 aliphatic rings. The maximum atomic E-state index is 12.4. The summed E-state index contributed by atoms with van der Waals surface area (Å²) in [6.07, 6.45) is -1.68. The Morgan fingerprint density at radius 2 is 2.00 bits per heavy atom. The van der Waals surface area contributed by atoms with Crippen molar-refractivity contribution in [3.63, 3.8) is 0 Å². The van der Waals surface area contributed by atoms with Gasteiger partial charge in [0, 0.05) is 0 Å². The Balaban J connectivity index is 4.44. The van der Waals surface area contributed by atoms with Gasteiger partial charge in [0.05, 0.1) is 6.61 Å².